The van der Waals surface area contributed by atoms with Crippen LogP contribution in [0.15, 0.2) is 22.9 Å². The molecule has 0 aromatic carbocycles. The molecule has 0 aliphatic rings. The minimum absolute atomic E-state index is 0.0383. The lowest BCUT2D eigenvalue weighted by Gasteiger charge is -2.20. The van der Waals surface area contributed by atoms with Gasteiger partial charge in [-0.1, -0.05) is 6.07 Å². The second kappa shape index (κ2) is 6.27. The van der Waals surface area contributed by atoms with E-state index in [0.717, 1.165) is 15.6 Å². The van der Waals surface area contributed by atoms with Crippen LogP contribution in [0.5, 0.6) is 0 Å². The van der Waals surface area contributed by atoms with Gasteiger partial charge in [-0.25, -0.2) is 4.98 Å². The minimum atomic E-state index is -0.799. The maximum Gasteiger partial charge on any atom is 0.305 e. The molecule has 0 radical (unpaired) electrons. The van der Waals surface area contributed by atoms with Crippen molar-refractivity contribution in [2.45, 2.75) is 32.4 Å². The number of aromatic nitrogens is 1. The van der Waals surface area contributed by atoms with Crippen LogP contribution in [-0.2, 0) is 4.79 Å². The molecule has 0 bridgehead atoms. The lowest BCUT2D eigenvalue weighted by Crippen LogP contribution is -2.26. The summed E-state index contributed by atoms with van der Waals surface area (Å²) in [6.45, 7) is 3.98. The van der Waals surface area contributed by atoms with Gasteiger partial charge >= 0.3 is 5.97 Å². The highest BCUT2D eigenvalue weighted by molar-refractivity contribution is 7.10. The molecule has 0 spiro atoms. The van der Waals surface area contributed by atoms with Gasteiger partial charge in [0.2, 0.25) is 0 Å². The third-order valence-corrected chi connectivity index (χ3v) is 4.57. The van der Waals surface area contributed by atoms with Crippen LogP contribution in [0.25, 0.3) is 0 Å². The van der Waals surface area contributed by atoms with E-state index < -0.39 is 5.97 Å². The van der Waals surface area contributed by atoms with Crippen molar-refractivity contribution in [1.29, 1.82) is 0 Å². The van der Waals surface area contributed by atoms with Crippen molar-refractivity contribution >= 4 is 28.6 Å². The van der Waals surface area contributed by atoms with E-state index in [2.05, 4.69) is 10.3 Å². The molecule has 19 heavy (non-hydrogen) atoms. The molecule has 2 N–H and O–H groups in total. The van der Waals surface area contributed by atoms with Crippen LogP contribution in [-0.4, -0.2) is 16.1 Å². The highest BCUT2D eigenvalue weighted by Gasteiger charge is 2.20. The number of nitrogens with zero attached hydrogens (tertiary/aromatic N) is 1. The Balaban J connectivity index is 2.09. The zero-order valence-electron chi connectivity index (χ0n) is 10.8. The Labute approximate surface area is 120 Å². The lowest BCUT2D eigenvalue weighted by atomic mass is 10.1. The fourth-order valence-corrected chi connectivity index (χ4v) is 3.37. The fraction of sp³-hybridized carbons (Fsp3) is 0.385. The first-order valence-corrected chi connectivity index (χ1v) is 7.75. The van der Waals surface area contributed by atoms with Crippen molar-refractivity contribution in [3.8, 4) is 0 Å². The standard InChI is InChI=1S/C13H16N2O2S2/c1-8(11-7-19-9(2)15-11)14-10(6-13(16)17)12-4-3-5-18-12/h3-5,7-8,10,14H,6H2,1-2H3,(H,16,17). The van der Waals surface area contributed by atoms with Crippen molar-refractivity contribution in [2.24, 2.45) is 0 Å². The topological polar surface area (TPSA) is 62.2 Å². The normalized spacial score (nSPS) is 14.2. The molecule has 0 aliphatic carbocycles. The first kappa shape index (κ1) is 14.2. The molecule has 2 unspecified atom stereocenters. The minimum Gasteiger partial charge on any atom is -0.481 e. The predicted octanol–water partition coefficient (Wildman–Crippen LogP) is 3.38. The molecule has 2 heterocycles. The van der Waals surface area contributed by atoms with Gasteiger partial charge in [-0.15, -0.1) is 22.7 Å². The lowest BCUT2D eigenvalue weighted by molar-refractivity contribution is -0.137. The highest BCUT2D eigenvalue weighted by Crippen LogP contribution is 2.26. The summed E-state index contributed by atoms with van der Waals surface area (Å²) in [6, 6.07) is 3.77. The summed E-state index contributed by atoms with van der Waals surface area (Å²) in [5.74, 6) is -0.799. The van der Waals surface area contributed by atoms with Crippen molar-refractivity contribution in [3.63, 3.8) is 0 Å². The molecule has 102 valence electrons. The molecule has 0 saturated heterocycles. The van der Waals surface area contributed by atoms with Crippen molar-refractivity contribution in [1.82, 2.24) is 10.3 Å². The molecule has 2 aromatic heterocycles. The average molecular weight is 296 g/mol. The van der Waals surface area contributed by atoms with Gasteiger partial charge in [0.05, 0.1) is 23.2 Å². The van der Waals surface area contributed by atoms with Crippen molar-refractivity contribution in [3.05, 3.63) is 38.5 Å². The number of hydrogen-bond donors (Lipinski definition) is 2. The van der Waals surface area contributed by atoms with Crippen LogP contribution in [0, 0.1) is 6.92 Å². The number of aryl methyl sites for hydroxylation is 1. The fourth-order valence-electron chi connectivity index (χ4n) is 1.87. The Kier molecular flexibility index (Phi) is 4.68. The molecule has 2 aromatic rings. The largest absolute Gasteiger partial charge is 0.481 e. The molecule has 4 nitrogen and oxygen atoms in total. The monoisotopic (exact) mass is 296 g/mol. The van der Waals surface area contributed by atoms with E-state index in [0.29, 0.717) is 0 Å². The van der Waals surface area contributed by atoms with Gasteiger partial charge in [-0.3, -0.25) is 4.79 Å². The van der Waals surface area contributed by atoms with Crippen LogP contribution in [0.2, 0.25) is 0 Å². The van der Waals surface area contributed by atoms with Gasteiger partial charge in [0.15, 0.2) is 0 Å². The summed E-state index contributed by atoms with van der Waals surface area (Å²) in [5, 5.41) is 17.4. The molecular formula is C13H16N2O2S2. The van der Waals surface area contributed by atoms with E-state index in [1.165, 1.54) is 0 Å². The van der Waals surface area contributed by atoms with Crippen LogP contribution in [0.3, 0.4) is 0 Å². The molecular weight excluding hydrogens is 280 g/mol. The molecule has 0 saturated carbocycles. The third kappa shape index (κ3) is 3.86. The number of thiazole rings is 1. The molecule has 0 aliphatic heterocycles. The SMILES string of the molecule is Cc1nc(C(C)NC(CC(=O)O)c2cccs2)cs1. The average Bonchev–Trinajstić information content (AvgIpc) is 2.97. The number of carbonyl (C=O) groups is 1. The Bertz CT molecular complexity index is 537. The van der Waals surface area contributed by atoms with E-state index in [1.807, 2.05) is 36.7 Å². The van der Waals surface area contributed by atoms with Crippen LogP contribution >= 0.6 is 22.7 Å². The molecule has 2 atom stereocenters. The summed E-state index contributed by atoms with van der Waals surface area (Å²) in [4.78, 5) is 16.5. The zero-order valence-corrected chi connectivity index (χ0v) is 12.4. The summed E-state index contributed by atoms with van der Waals surface area (Å²) < 4.78 is 0. The van der Waals surface area contributed by atoms with Crippen LogP contribution in [0.4, 0.5) is 0 Å². The van der Waals surface area contributed by atoms with Gasteiger partial charge in [0.1, 0.15) is 0 Å². The molecule has 6 heteroatoms. The maximum atomic E-state index is 11.0. The number of thiophene rings is 1. The van der Waals surface area contributed by atoms with E-state index in [-0.39, 0.29) is 18.5 Å². The summed E-state index contributed by atoms with van der Waals surface area (Å²) in [5.41, 5.74) is 0.967. The van der Waals surface area contributed by atoms with Gasteiger partial charge in [-0.2, -0.15) is 0 Å². The van der Waals surface area contributed by atoms with E-state index in [9.17, 15) is 4.79 Å². The highest BCUT2D eigenvalue weighted by atomic mass is 32.1. The van der Waals surface area contributed by atoms with Crippen molar-refractivity contribution in [2.75, 3.05) is 0 Å². The van der Waals surface area contributed by atoms with E-state index in [1.54, 1.807) is 22.7 Å². The first-order chi connectivity index (χ1) is 9.06. The van der Waals surface area contributed by atoms with Crippen LogP contribution < -0.4 is 5.32 Å². The number of aliphatic carboxylic acids is 1. The second-order valence-corrected chi connectivity index (χ2v) is 6.39. The van der Waals surface area contributed by atoms with E-state index >= 15 is 0 Å². The Morgan fingerprint density at radius 2 is 2.32 bits per heavy atom. The molecule has 0 amide bonds. The Hall–Kier alpha value is -1.24. The quantitative estimate of drug-likeness (QED) is 0.858. The number of hydrogen-bond acceptors (Lipinski definition) is 5. The smallest absolute Gasteiger partial charge is 0.305 e. The predicted molar refractivity (Wildman–Crippen MR) is 77.7 cm³/mol. The summed E-state index contributed by atoms with van der Waals surface area (Å²) in [7, 11) is 0. The second-order valence-electron chi connectivity index (χ2n) is 4.35. The number of carboxylic acid groups (broad SMARTS) is 1. The van der Waals surface area contributed by atoms with Gasteiger partial charge in [0, 0.05) is 16.3 Å². The zero-order chi connectivity index (χ0) is 13.8. The first-order valence-electron chi connectivity index (χ1n) is 5.99. The number of rotatable bonds is 6. The number of carboxylic acids is 1. The Morgan fingerprint density at radius 1 is 1.53 bits per heavy atom. The molecule has 2 rings (SSSR count). The van der Waals surface area contributed by atoms with Crippen molar-refractivity contribution < 1.29 is 9.90 Å². The molecule has 0 fully saturated rings. The van der Waals surface area contributed by atoms with Gasteiger partial charge in [0.25, 0.3) is 0 Å². The Morgan fingerprint density at radius 3 is 2.84 bits per heavy atom. The summed E-state index contributed by atoms with van der Waals surface area (Å²) >= 11 is 3.18. The van der Waals surface area contributed by atoms with Gasteiger partial charge < -0.3 is 10.4 Å². The summed E-state index contributed by atoms with van der Waals surface area (Å²) in [6.07, 6.45) is 0.0774. The van der Waals surface area contributed by atoms with E-state index in [4.69, 9.17) is 5.11 Å². The van der Waals surface area contributed by atoms with Crippen LogP contribution in [0.1, 0.15) is 41.0 Å². The maximum absolute atomic E-state index is 11.0. The van der Waals surface area contributed by atoms with Gasteiger partial charge in [-0.05, 0) is 25.3 Å². The third-order valence-electron chi connectivity index (χ3n) is 2.80. The number of nitrogens with one attached hydrogen (secondary N) is 1.